The van der Waals surface area contributed by atoms with Crippen LogP contribution in [-0.4, -0.2) is 69.5 Å². The molecule has 0 aromatic heterocycles. The predicted molar refractivity (Wildman–Crippen MR) is 517 cm³/mol. The SMILES string of the molecule is Brc1cc2ccccc2c2ccccc12.CO/C=C/c1ccccc1-c1cc2ccccc2c2ccccc12.COC[P+](c1ccccc1)(c1ccccc1)c1ccccc1.CS(=O)(=O)O.O=Cc1ccccc1-c1cc2ccccc2c2ccccc12.O=Cc1ccccc1B(O)O.c1ccc2c(c1)ccc1c3ccccc3c3ccccc3c21. The van der Waals surface area contributed by atoms with Crippen LogP contribution in [0.5, 0.6) is 0 Å². The molecule has 0 bridgehead atoms. The number of methoxy groups -OCH3 is 2. The van der Waals surface area contributed by atoms with Crippen molar-refractivity contribution in [3.8, 4) is 22.3 Å². The molecule has 20 rings (SSSR count). The van der Waals surface area contributed by atoms with Gasteiger partial charge < -0.3 is 19.5 Å². The summed E-state index contributed by atoms with van der Waals surface area (Å²) in [5.41, 5.74) is 6.98. The van der Waals surface area contributed by atoms with Gasteiger partial charge in [-0.25, -0.2) is 0 Å². The summed E-state index contributed by atoms with van der Waals surface area (Å²) in [6, 6.07) is 143. The first kappa shape index (κ1) is 84.1. The second kappa shape index (κ2) is 39.9. The number of benzene rings is 20. The van der Waals surface area contributed by atoms with Crippen molar-refractivity contribution < 1.29 is 42.1 Å². The summed E-state index contributed by atoms with van der Waals surface area (Å²) in [5.74, 6) is 0. The van der Waals surface area contributed by atoms with E-state index in [4.69, 9.17) is 24.1 Å². The molecular formula is C108H86BBrO9PS+. The standard InChI is InChI=1S/C23H18O.C22H14.C21H14O.C20H20OP.C14H9Br.C7H7BO3.CH4O3S/c1-24-15-14-17-8-2-4-10-19(17)23-16-18-9-3-5-11-20(18)21-12-6-7-13-22(21)23;1-2-8-16-15(7-1)13-14-21-19-11-4-3-9-17(19)18-10-5-6-12-20(18)22(16)21;22-14-16-8-2-4-10-18(16)21-13-15-7-1-3-9-17(15)19-11-5-6-12-20(19)21;1-21-17-22(18-11-5-2-6-12-18,19-13-7-3-8-14-19)20-15-9-4-10-16-20;15-14-9-10-5-1-2-6-11(10)12-7-3-4-8-13(12)14;9-5-6-3-1-2-4-7(6)8(10)11;1-5(2,3)4/h2-16H,1H3;2*1-14H;2-16H,17H2,1H3;1-9H;1-5,10-11H;1H3,(H,2,3,4)/q;;;+1;;;/b15-14+;;;;;;. The van der Waals surface area contributed by atoms with Crippen LogP contribution in [0.15, 0.2) is 423 Å². The lowest BCUT2D eigenvalue weighted by Gasteiger charge is -2.26. The van der Waals surface area contributed by atoms with E-state index in [0.29, 0.717) is 24.5 Å². The maximum absolute atomic E-state index is 11.4. The highest BCUT2D eigenvalue weighted by molar-refractivity contribution is 9.10. The minimum absolute atomic E-state index is 0.238. The summed E-state index contributed by atoms with van der Waals surface area (Å²) < 4.78 is 37.9. The Labute approximate surface area is 714 Å². The minimum Gasteiger partial charge on any atom is -0.504 e. The Morgan fingerprint density at radius 1 is 0.322 bits per heavy atom. The van der Waals surface area contributed by atoms with Crippen molar-refractivity contribution in [2.45, 2.75) is 0 Å². The lowest BCUT2D eigenvalue weighted by Crippen LogP contribution is -2.33. The van der Waals surface area contributed by atoms with Crippen LogP contribution in [0, 0.1) is 0 Å². The van der Waals surface area contributed by atoms with Crippen molar-refractivity contribution in [1.82, 2.24) is 0 Å². The second-order valence-corrected chi connectivity index (χ2v) is 34.5. The zero-order valence-electron chi connectivity index (χ0n) is 66.9. The van der Waals surface area contributed by atoms with Gasteiger partial charge in [0.05, 0.1) is 19.6 Å². The third-order valence-electron chi connectivity index (χ3n) is 21.2. The fourth-order valence-electron chi connectivity index (χ4n) is 15.9. The molecule has 0 aliphatic heterocycles. The first-order chi connectivity index (χ1) is 59.2. The van der Waals surface area contributed by atoms with Gasteiger partial charge in [0.1, 0.15) is 29.5 Å². The number of carbonyl (C=O) groups is 2. The van der Waals surface area contributed by atoms with E-state index in [1.807, 2.05) is 42.5 Å². The molecule has 13 heteroatoms. The lowest BCUT2D eigenvalue weighted by molar-refractivity contribution is 0.111. The van der Waals surface area contributed by atoms with Crippen LogP contribution in [0.1, 0.15) is 26.3 Å². The smallest absolute Gasteiger partial charge is 0.489 e. The zero-order chi connectivity index (χ0) is 84.1. The lowest BCUT2D eigenvalue weighted by atomic mass is 9.77. The molecule has 0 amide bonds. The molecule has 0 atom stereocenters. The molecule has 0 saturated heterocycles. The van der Waals surface area contributed by atoms with Gasteiger partial charge in [-0.1, -0.05) is 374 Å². The molecule has 0 unspecified atom stereocenters. The largest absolute Gasteiger partial charge is 0.504 e. The predicted octanol–water partition coefficient (Wildman–Crippen LogP) is 25.1. The van der Waals surface area contributed by atoms with Crippen LogP contribution in [0.25, 0.3) is 136 Å². The van der Waals surface area contributed by atoms with Crippen molar-refractivity contribution in [1.29, 1.82) is 0 Å². The Morgan fingerprint density at radius 2 is 0.628 bits per heavy atom. The molecule has 121 heavy (non-hydrogen) atoms. The highest BCUT2D eigenvalue weighted by Crippen LogP contribution is 2.55. The summed E-state index contributed by atoms with van der Waals surface area (Å²) in [6.45, 7) is 0. The maximum atomic E-state index is 11.4. The quantitative estimate of drug-likeness (QED) is 0.0272. The number of aldehydes is 2. The monoisotopic (exact) mass is 1680 g/mol. The van der Waals surface area contributed by atoms with Crippen LogP contribution in [0.3, 0.4) is 0 Å². The van der Waals surface area contributed by atoms with Crippen LogP contribution in [0.4, 0.5) is 0 Å². The first-order valence-corrected chi connectivity index (χ1v) is 44.1. The highest BCUT2D eigenvalue weighted by atomic mass is 79.9. The van der Waals surface area contributed by atoms with E-state index in [1.54, 1.807) is 32.6 Å². The fourth-order valence-corrected chi connectivity index (χ4v) is 20.2. The molecule has 0 saturated carbocycles. The van der Waals surface area contributed by atoms with Crippen LogP contribution in [0.2, 0.25) is 0 Å². The van der Waals surface area contributed by atoms with Crippen LogP contribution < -0.4 is 21.4 Å². The van der Waals surface area contributed by atoms with Gasteiger partial charge in [0.2, 0.25) is 0 Å². The van der Waals surface area contributed by atoms with E-state index in [2.05, 4.69) is 368 Å². The van der Waals surface area contributed by atoms with Crippen molar-refractivity contribution >= 4 is 188 Å². The highest BCUT2D eigenvalue weighted by Gasteiger charge is 2.45. The average molecular weight is 1680 g/mol. The van der Waals surface area contributed by atoms with Crippen molar-refractivity contribution in [2.75, 3.05) is 26.8 Å². The van der Waals surface area contributed by atoms with Gasteiger partial charge >= 0.3 is 7.12 Å². The first-order valence-electron chi connectivity index (χ1n) is 39.5. The number of ether oxygens (including phenoxy) is 2. The Balaban J connectivity index is 0.000000119. The molecule has 20 aromatic carbocycles. The molecule has 3 N–H and O–H groups in total. The summed E-state index contributed by atoms with van der Waals surface area (Å²) in [5, 5.41) is 47.3. The van der Waals surface area contributed by atoms with Gasteiger partial charge in [-0.05, 0) is 202 Å². The van der Waals surface area contributed by atoms with E-state index in [1.165, 1.54) is 147 Å². The topological polar surface area (TPSA) is 147 Å². The minimum atomic E-state index is -3.67. The maximum Gasteiger partial charge on any atom is 0.489 e. The van der Waals surface area contributed by atoms with Gasteiger partial charge in [0.15, 0.2) is 12.6 Å². The van der Waals surface area contributed by atoms with Gasteiger partial charge in [-0.2, -0.15) is 8.42 Å². The fraction of sp³-hybridized carbons (Fsp3) is 0.0370. The Kier molecular flexibility index (Phi) is 27.8. The molecule has 592 valence electrons. The Bertz CT molecular complexity index is 7050. The zero-order valence-corrected chi connectivity index (χ0v) is 70.2. The van der Waals surface area contributed by atoms with Gasteiger partial charge in [-0.15, -0.1) is 0 Å². The van der Waals surface area contributed by atoms with Crippen molar-refractivity contribution in [3.63, 3.8) is 0 Å². The van der Waals surface area contributed by atoms with E-state index < -0.39 is 24.5 Å². The van der Waals surface area contributed by atoms with E-state index in [0.717, 1.165) is 33.0 Å². The number of hydrogen-bond donors (Lipinski definition) is 3. The number of rotatable bonds is 12. The summed E-state index contributed by atoms with van der Waals surface area (Å²) in [6.07, 6.45) is 6.69. The molecule has 0 spiro atoms. The second-order valence-electron chi connectivity index (χ2n) is 28.7. The molecule has 0 heterocycles. The normalized spacial score (nSPS) is 11.1. The number of carbonyl (C=O) groups excluding carboxylic acids is 2. The van der Waals surface area contributed by atoms with Crippen LogP contribution >= 0.6 is 23.2 Å². The van der Waals surface area contributed by atoms with Gasteiger partial charge in [-0.3, -0.25) is 14.1 Å². The van der Waals surface area contributed by atoms with Crippen molar-refractivity contribution in [3.05, 3.63) is 440 Å². The van der Waals surface area contributed by atoms with E-state index >= 15 is 0 Å². The molecule has 20 aromatic rings. The third kappa shape index (κ3) is 19.4. The van der Waals surface area contributed by atoms with E-state index in [9.17, 15) is 18.0 Å². The summed E-state index contributed by atoms with van der Waals surface area (Å²) >= 11 is 3.62. The Morgan fingerprint density at radius 3 is 1.05 bits per heavy atom. The number of fused-ring (bicyclic) bond motifs is 17. The molecule has 0 aliphatic rings. The third-order valence-corrected chi connectivity index (χ3v) is 26.1. The number of hydrogen-bond acceptors (Lipinski definition) is 8. The molecular weight excluding hydrogens is 1590 g/mol. The molecule has 0 fully saturated rings. The van der Waals surface area contributed by atoms with Crippen LogP contribution in [-0.2, 0) is 19.6 Å². The van der Waals surface area contributed by atoms with Gasteiger partial charge in [0, 0.05) is 22.7 Å². The van der Waals surface area contributed by atoms with E-state index in [-0.39, 0.29) is 5.46 Å². The molecule has 9 nitrogen and oxygen atoms in total. The molecule has 0 radical (unpaired) electrons. The van der Waals surface area contributed by atoms with Crippen molar-refractivity contribution in [2.24, 2.45) is 0 Å². The van der Waals surface area contributed by atoms with Gasteiger partial charge in [0.25, 0.3) is 10.1 Å². The number of halogens is 1. The average Bonchev–Trinajstić information content (AvgIpc) is 0.738. The molecule has 0 aliphatic carbocycles. The summed E-state index contributed by atoms with van der Waals surface area (Å²) in [4.78, 5) is 21.7. The Hall–Kier alpha value is -13.4. The summed E-state index contributed by atoms with van der Waals surface area (Å²) in [7, 11) is -3.55.